The van der Waals surface area contributed by atoms with Crippen LogP contribution in [0.25, 0.3) is 72.2 Å². The molecule has 1 aliphatic heterocycles. The summed E-state index contributed by atoms with van der Waals surface area (Å²) in [6, 6.07) is 63.2. The number of rotatable bonds is 4. The molecule has 0 spiro atoms. The second-order valence-electron chi connectivity index (χ2n) is 13.3. The minimum absolute atomic E-state index is 0.667. The molecule has 3 aromatic heterocycles. The number of furan rings is 1. The van der Waals surface area contributed by atoms with E-state index in [1.165, 1.54) is 23.1 Å². The normalized spacial score (nSPS) is 13.3. The Balaban J connectivity index is 1.32. The monoisotopic (exact) mass is 713 g/mol. The van der Waals surface area contributed by atoms with Crippen LogP contribution < -0.4 is 17.6 Å². The Morgan fingerprint density at radius 2 is 1.06 bits per heavy atom. The summed E-state index contributed by atoms with van der Waals surface area (Å²) in [7, 11) is 0. The van der Waals surface area contributed by atoms with E-state index in [0.29, 0.717) is 5.95 Å². The van der Waals surface area contributed by atoms with E-state index in [4.69, 9.17) is 14.4 Å². The molecule has 0 unspecified atom stereocenters. The fourth-order valence-electron chi connectivity index (χ4n) is 8.69. The third-order valence-electron chi connectivity index (χ3n) is 10.7. The van der Waals surface area contributed by atoms with Gasteiger partial charge in [0.25, 0.3) is 0 Å². The topological polar surface area (TPSA) is 43.9 Å². The van der Waals surface area contributed by atoms with Crippen molar-refractivity contribution in [1.29, 1.82) is 0 Å². The quantitative estimate of drug-likeness (QED) is 0.172. The molecule has 0 N–H and O–H groups in total. The molecule has 10 aromatic rings. The minimum atomic E-state index is -3.65. The van der Waals surface area contributed by atoms with E-state index in [-0.39, 0.29) is 0 Å². The predicted octanol–water partition coefficient (Wildman–Crippen LogP) is 8.50. The van der Waals surface area contributed by atoms with Gasteiger partial charge in [0.15, 0.2) is 0 Å². The molecule has 4 heterocycles. The van der Waals surface area contributed by atoms with Crippen molar-refractivity contribution in [2.45, 2.75) is 0 Å². The zero-order valence-corrected chi connectivity index (χ0v) is 29.6. The van der Waals surface area contributed by atoms with Crippen molar-refractivity contribution >= 4 is 74.6 Å². The number of fused-ring (bicyclic) bond motifs is 10. The van der Waals surface area contributed by atoms with Crippen LogP contribution in [0.2, 0.25) is 0 Å². The van der Waals surface area contributed by atoms with Crippen LogP contribution in [-0.4, -0.2) is 27.8 Å². The first-order valence-electron chi connectivity index (χ1n) is 17.3. The Hall–Kier alpha value is -6.24. The van der Waals surface area contributed by atoms with Crippen molar-refractivity contribution in [3.05, 3.63) is 176 Å². The van der Waals surface area contributed by atoms with Crippen LogP contribution in [0.5, 0.6) is 0 Å². The summed E-state index contributed by atoms with van der Waals surface area (Å²) < 4.78 is 14.1. The van der Waals surface area contributed by atoms with Gasteiger partial charge in [-0.05, 0) is 0 Å². The summed E-state index contributed by atoms with van der Waals surface area (Å²) in [5.41, 5.74) is 8.21. The molecule has 0 radical (unpaired) electrons. The molecule has 51 heavy (non-hydrogen) atoms. The van der Waals surface area contributed by atoms with E-state index in [1.807, 2.05) is 12.1 Å². The van der Waals surface area contributed by atoms with Gasteiger partial charge in [0, 0.05) is 0 Å². The van der Waals surface area contributed by atoms with Gasteiger partial charge in [0.05, 0.1) is 0 Å². The second-order valence-corrected chi connectivity index (χ2v) is 21.0. The average molecular weight is 712 g/mol. The van der Waals surface area contributed by atoms with E-state index in [1.54, 1.807) is 0 Å². The summed E-state index contributed by atoms with van der Waals surface area (Å²) in [5, 5.41) is 4.53. The van der Waals surface area contributed by atoms with Gasteiger partial charge in [0.2, 0.25) is 0 Å². The van der Waals surface area contributed by atoms with Gasteiger partial charge in [-0.25, -0.2) is 0 Å². The van der Waals surface area contributed by atoms with Crippen LogP contribution in [0.1, 0.15) is 0 Å². The number of hydrogen-bond donors (Lipinski definition) is 0. The third-order valence-corrected chi connectivity index (χ3v) is 20.9. The van der Waals surface area contributed by atoms with Gasteiger partial charge in [-0.15, -0.1) is 0 Å². The molecule has 0 saturated heterocycles. The Morgan fingerprint density at radius 1 is 0.451 bits per heavy atom. The SMILES string of the molecule is c1ccc(-c2nc(-n3c4ccccc4c4c5c(ccc43)oc3ccccc35)nc3[c]2[Ge]([c]2ccccc2)([c]2ccccc2)[c]2ccccc2-3)cc1. The number of nitrogens with zero attached hydrogens (tertiary/aromatic N) is 3. The van der Waals surface area contributed by atoms with E-state index >= 15 is 0 Å². The maximum atomic E-state index is 6.37. The standard InChI is InChI=1S/C46H29GeN3O/c1-4-16-30(17-5-1)44-43-45(33-22-10-13-25-36(33)47(43,31-18-6-2-7-19-31)32-20-8-3-9-21-32)49-46(48-44)50-37-26-14-11-23-34(37)41-38(50)28-29-40-42(41)35-24-12-15-27-39(35)51-40/h1-29H. The molecular weight excluding hydrogens is 683 g/mol. The third kappa shape index (κ3) is 3.91. The van der Waals surface area contributed by atoms with Crippen molar-refractivity contribution in [3.63, 3.8) is 0 Å². The number of aromatic nitrogens is 3. The Bertz CT molecular complexity index is 2930. The fraction of sp³-hybridized carbons (Fsp3) is 0. The summed E-state index contributed by atoms with van der Waals surface area (Å²) in [6.45, 7) is 0. The molecule has 238 valence electrons. The first-order chi connectivity index (χ1) is 25.3. The van der Waals surface area contributed by atoms with Gasteiger partial charge >= 0.3 is 298 Å². The zero-order valence-electron chi connectivity index (χ0n) is 27.5. The molecule has 5 heteroatoms. The molecule has 0 aliphatic carbocycles. The van der Waals surface area contributed by atoms with Gasteiger partial charge in [-0.1, -0.05) is 0 Å². The first-order valence-corrected chi connectivity index (χ1v) is 21.5. The average Bonchev–Trinajstić information content (AvgIpc) is 3.85. The molecule has 0 amide bonds. The van der Waals surface area contributed by atoms with Crippen molar-refractivity contribution in [2.24, 2.45) is 0 Å². The molecule has 0 fully saturated rings. The summed E-state index contributed by atoms with van der Waals surface area (Å²) in [4.78, 5) is 11.4. The van der Waals surface area contributed by atoms with Gasteiger partial charge in [0.1, 0.15) is 0 Å². The second kappa shape index (κ2) is 10.9. The van der Waals surface area contributed by atoms with Crippen molar-refractivity contribution in [2.75, 3.05) is 0 Å². The van der Waals surface area contributed by atoms with E-state index in [0.717, 1.165) is 60.7 Å². The maximum absolute atomic E-state index is 6.37. The predicted molar refractivity (Wildman–Crippen MR) is 212 cm³/mol. The molecule has 0 bridgehead atoms. The molecule has 1 aliphatic rings. The molecule has 4 nitrogen and oxygen atoms in total. The number of benzene rings is 7. The van der Waals surface area contributed by atoms with Gasteiger partial charge in [-0.3, -0.25) is 0 Å². The first kappa shape index (κ1) is 28.6. The van der Waals surface area contributed by atoms with Crippen LogP contribution in [0.3, 0.4) is 0 Å². The molecule has 7 aromatic carbocycles. The molecule has 0 saturated carbocycles. The number of para-hydroxylation sites is 2. The number of hydrogen-bond acceptors (Lipinski definition) is 3. The summed E-state index contributed by atoms with van der Waals surface area (Å²) >= 11 is -3.65. The Kier molecular flexibility index (Phi) is 6.10. The zero-order chi connectivity index (χ0) is 33.5. The van der Waals surface area contributed by atoms with E-state index < -0.39 is 13.3 Å². The van der Waals surface area contributed by atoms with Crippen molar-refractivity contribution in [1.82, 2.24) is 14.5 Å². The van der Waals surface area contributed by atoms with Gasteiger partial charge in [-0.2, -0.15) is 0 Å². The Labute approximate surface area is 296 Å². The van der Waals surface area contributed by atoms with Crippen LogP contribution in [0, 0.1) is 0 Å². The van der Waals surface area contributed by atoms with Crippen LogP contribution in [0.4, 0.5) is 0 Å². The molecule has 0 atom stereocenters. The van der Waals surface area contributed by atoms with Crippen molar-refractivity contribution in [3.8, 4) is 28.5 Å². The van der Waals surface area contributed by atoms with Crippen LogP contribution in [-0.2, 0) is 0 Å². The van der Waals surface area contributed by atoms with Crippen LogP contribution in [0.15, 0.2) is 180 Å². The van der Waals surface area contributed by atoms with E-state index in [2.05, 4.69) is 168 Å². The summed E-state index contributed by atoms with van der Waals surface area (Å²) in [5.74, 6) is 0.667. The Morgan fingerprint density at radius 3 is 1.82 bits per heavy atom. The molecule has 11 rings (SSSR count). The molecular formula is C46H29GeN3O. The van der Waals surface area contributed by atoms with Crippen LogP contribution >= 0.6 is 0 Å². The van der Waals surface area contributed by atoms with Gasteiger partial charge < -0.3 is 0 Å². The van der Waals surface area contributed by atoms with E-state index in [9.17, 15) is 0 Å². The summed E-state index contributed by atoms with van der Waals surface area (Å²) in [6.07, 6.45) is 0. The fourth-order valence-corrected chi connectivity index (χ4v) is 19.7. The van der Waals surface area contributed by atoms with Crippen molar-refractivity contribution < 1.29 is 4.42 Å².